The molecule has 6 nitrogen and oxygen atoms in total. The van der Waals surface area contributed by atoms with E-state index in [4.69, 9.17) is 11.6 Å². The van der Waals surface area contributed by atoms with Crippen molar-refractivity contribution in [3.63, 3.8) is 0 Å². The molecule has 0 spiro atoms. The van der Waals surface area contributed by atoms with Crippen LogP contribution in [0.1, 0.15) is 60.7 Å². The van der Waals surface area contributed by atoms with Gasteiger partial charge in [0.05, 0.1) is 33.6 Å². The van der Waals surface area contributed by atoms with Gasteiger partial charge >= 0.3 is 6.29 Å². The summed E-state index contributed by atoms with van der Waals surface area (Å²) < 4.78 is 65.1. The molecule has 0 amide bonds. The van der Waals surface area contributed by atoms with Crippen LogP contribution in [-0.2, 0) is 27.6 Å². The van der Waals surface area contributed by atoms with Gasteiger partial charge in [-0.3, -0.25) is 4.79 Å². The van der Waals surface area contributed by atoms with Crippen molar-refractivity contribution >= 4 is 39.7 Å². The minimum absolute atomic E-state index is 0.0293. The molecule has 0 radical (unpaired) electrons. The lowest BCUT2D eigenvalue weighted by molar-refractivity contribution is -0.286. The molecule has 38 heavy (non-hydrogen) atoms. The first-order valence-electron chi connectivity index (χ1n) is 11.8. The topological polar surface area (TPSA) is 77.5 Å². The number of rotatable bonds is 8. The van der Waals surface area contributed by atoms with Crippen LogP contribution in [0.15, 0.2) is 42.6 Å². The van der Waals surface area contributed by atoms with Gasteiger partial charge in [-0.2, -0.15) is 0 Å². The van der Waals surface area contributed by atoms with Crippen molar-refractivity contribution in [2.24, 2.45) is 0 Å². The average molecular weight is 585 g/mol. The first kappa shape index (κ1) is 27.1. The van der Waals surface area contributed by atoms with E-state index in [1.54, 1.807) is 12.3 Å². The molecule has 2 heterocycles. The van der Waals surface area contributed by atoms with E-state index in [0.29, 0.717) is 33.9 Å². The third-order valence-corrected chi connectivity index (χ3v) is 9.41. The average Bonchev–Trinajstić information content (AvgIpc) is 3.40. The van der Waals surface area contributed by atoms with Crippen molar-refractivity contribution in [3.05, 3.63) is 74.4 Å². The molecule has 1 aromatic heterocycles. The number of fused-ring (bicyclic) bond motifs is 1. The van der Waals surface area contributed by atoms with Crippen LogP contribution in [-0.4, -0.2) is 26.0 Å². The molecular weight excluding hydrogens is 561 g/mol. The van der Waals surface area contributed by atoms with E-state index in [2.05, 4.69) is 19.2 Å². The van der Waals surface area contributed by atoms with Crippen LogP contribution >= 0.6 is 22.9 Å². The number of carbonyl (C=O) groups is 1. The number of hydrogen-bond donors (Lipinski definition) is 1. The molecule has 12 heteroatoms. The summed E-state index contributed by atoms with van der Waals surface area (Å²) in [5.41, 5.74) is 0.328. The summed E-state index contributed by atoms with van der Waals surface area (Å²) in [5.74, 6) is -0.754. The molecule has 1 saturated carbocycles. The van der Waals surface area contributed by atoms with Crippen molar-refractivity contribution in [2.75, 3.05) is 0 Å². The SMILES string of the molecule is CC(C)(C)[S@](=O)N[C@@H](c1cnc(CC(=O)C2(c3ccc4c(c3)OC(F)(F)O4)CC2)s1)c1ccc(F)cc1Cl. The third-order valence-electron chi connectivity index (χ3n) is 6.46. The van der Waals surface area contributed by atoms with Gasteiger partial charge in [-0.05, 0) is 69.0 Å². The van der Waals surface area contributed by atoms with Crippen LogP contribution in [0.2, 0.25) is 5.02 Å². The highest BCUT2D eigenvalue weighted by atomic mass is 35.5. The van der Waals surface area contributed by atoms with Gasteiger partial charge in [0, 0.05) is 16.1 Å². The number of Topliss-reactive ketones (excluding diaryl/α,β-unsaturated/α-hetero) is 1. The third kappa shape index (κ3) is 5.34. The van der Waals surface area contributed by atoms with Crippen molar-refractivity contribution in [3.8, 4) is 11.5 Å². The summed E-state index contributed by atoms with van der Waals surface area (Å²) >= 11 is 7.61. The van der Waals surface area contributed by atoms with Gasteiger partial charge in [0.1, 0.15) is 16.6 Å². The number of ketones is 1. The Morgan fingerprint density at radius 3 is 2.55 bits per heavy atom. The standard InChI is InChI=1S/C26H24ClF3N2O4S2/c1-24(2,3)38(34)32-23(16-6-5-15(28)11-17(16)27)20-13-31-22(37-20)12-21(33)25(8-9-25)14-4-7-18-19(10-14)36-26(29,30)35-18/h4-7,10-11,13,23,32H,8-9,12H2,1-3H3/t23-,38+/m1/s1. The molecule has 0 bridgehead atoms. The first-order valence-corrected chi connectivity index (χ1v) is 14.1. The van der Waals surface area contributed by atoms with E-state index in [-0.39, 0.29) is 28.7 Å². The number of thiazole rings is 1. The lowest BCUT2D eigenvalue weighted by atomic mass is 9.89. The van der Waals surface area contributed by atoms with E-state index >= 15 is 0 Å². The number of aromatic nitrogens is 1. The predicted molar refractivity (Wildman–Crippen MR) is 139 cm³/mol. The molecule has 1 aliphatic heterocycles. The number of halogens is 4. The molecule has 0 saturated heterocycles. The first-order chi connectivity index (χ1) is 17.8. The van der Waals surface area contributed by atoms with Crippen LogP contribution in [0, 0.1) is 5.82 Å². The Labute approximate surface area is 229 Å². The molecule has 2 atom stereocenters. The molecule has 1 fully saturated rings. The normalized spacial score (nSPS) is 18.7. The molecule has 0 unspecified atom stereocenters. The Morgan fingerprint density at radius 1 is 1.18 bits per heavy atom. The van der Waals surface area contributed by atoms with E-state index in [1.165, 1.54) is 41.7 Å². The number of alkyl halides is 2. The van der Waals surface area contributed by atoms with Crippen LogP contribution in [0.4, 0.5) is 13.2 Å². The Morgan fingerprint density at radius 2 is 1.89 bits per heavy atom. The number of ether oxygens (including phenoxy) is 2. The number of hydrogen-bond acceptors (Lipinski definition) is 6. The molecule has 2 aromatic carbocycles. The molecular formula is C26H24ClF3N2O4S2. The zero-order valence-corrected chi connectivity index (χ0v) is 23.0. The highest BCUT2D eigenvalue weighted by Gasteiger charge is 2.52. The largest absolute Gasteiger partial charge is 0.586 e. The quantitative estimate of drug-likeness (QED) is 0.339. The lowest BCUT2D eigenvalue weighted by Gasteiger charge is -2.24. The Hall–Kier alpha value is -2.47. The summed E-state index contributed by atoms with van der Waals surface area (Å²) in [5, 5.41) is 0.708. The summed E-state index contributed by atoms with van der Waals surface area (Å²) in [7, 11) is -1.48. The van der Waals surface area contributed by atoms with Crippen molar-refractivity contribution < 1.29 is 31.6 Å². The van der Waals surface area contributed by atoms with Gasteiger partial charge in [0.25, 0.3) is 0 Å². The molecule has 2 aliphatic rings. The molecule has 1 N–H and O–H groups in total. The van der Waals surface area contributed by atoms with Crippen LogP contribution in [0.25, 0.3) is 0 Å². The summed E-state index contributed by atoms with van der Waals surface area (Å²) in [4.78, 5) is 18.5. The minimum atomic E-state index is -3.73. The molecule has 1 aliphatic carbocycles. The highest BCUT2D eigenvalue weighted by molar-refractivity contribution is 7.84. The highest BCUT2D eigenvalue weighted by Crippen LogP contribution is 2.52. The minimum Gasteiger partial charge on any atom is -0.395 e. The summed E-state index contributed by atoms with van der Waals surface area (Å²) in [6.45, 7) is 5.47. The molecule has 3 aromatic rings. The van der Waals surface area contributed by atoms with Gasteiger partial charge in [-0.25, -0.2) is 18.3 Å². The second-order valence-electron chi connectivity index (χ2n) is 10.3. The summed E-state index contributed by atoms with van der Waals surface area (Å²) in [6.07, 6.45) is -0.943. The monoisotopic (exact) mass is 584 g/mol. The second-order valence-corrected chi connectivity index (χ2v) is 13.8. The van der Waals surface area contributed by atoms with E-state index in [0.717, 1.165) is 0 Å². The summed E-state index contributed by atoms with van der Waals surface area (Å²) in [6, 6.07) is 7.79. The van der Waals surface area contributed by atoms with Crippen LogP contribution in [0.3, 0.4) is 0 Å². The Balaban J connectivity index is 1.38. The van der Waals surface area contributed by atoms with Crippen LogP contribution < -0.4 is 14.2 Å². The van der Waals surface area contributed by atoms with E-state index in [1.807, 2.05) is 20.8 Å². The fraction of sp³-hybridized carbons (Fsp3) is 0.385. The van der Waals surface area contributed by atoms with Gasteiger partial charge in [-0.1, -0.05) is 23.7 Å². The maximum absolute atomic E-state index is 13.7. The van der Waals surface area contributed by atoms with E-state index < -0.39 is 39.3 Å². The van der Waals surface area contributed by atoms with Gasteiger partial charge in [0.2, 0.25) is 0 Å². The van der Waals surface area contributed by atoms with Crippen molar-refractivity contribution in [1.82, 2.24) is 9.71 Å². The zero-order valence-electron chi connectivity index (χ0n) is 20.6. The Kier molecular flexibility index (Phi) is 6.86. The number of carbonyl (C=O) groups excluding carboxylic acids is 1. The zero-order chi connectivity index (χ0) is 27.5. The maximum Gasteiger partial charge on any atom is 0.586 e. The smallest absolute Gasteiger partial charge is 0.395 e. The van der Waals surface area contributed by atoms with Gasteiger partial charge < -0.3 is 9.47 Å². The van der Waals surface area contributed by atoms with Gasteiger partial charge in [-0.15, -0.1) is 20.1 Å². The number of benzene rings is 2. The second kappa shape index (κ2) is 9.62. The fourth-order valence-electron chi connectivity index (χ4n) is 4.24. The van der Waals surface area contributed by atoms with Crippen LogP contribution in [0.5, 0.6) is 11.5 Å². The molecule has 202 valence electrons. The van der Waals surface area contributed by atoms with Gasteiger partial charge in [0.15, 0.2) is 11.5 Å². The number of nitrogens with zero attached hydrogens (tertiary/aromatic N) is 1. The fourth-order valence-corrected chi connectivity index (χ4v) is 6.40. The number of nitrogens with one attached hydrogen (secondary N) is 1. The van der Waals surface area contributed by atoms with E-state index in [9.17, 15) is 22.2 Å². The predicted octanol–water partition coefficient (Wildman–Crippen LogP) is 6.24. The van der Waals surface area contributed by atoms with Crippen molar-refractivity contribution in [1.29, 1.82) is 0 Å². The lowest BCUT2D eigenvalue weighted by Crippen LogP contribution is -2.36. The Bertz CT molecular complexity index is 1440. The molecule has 5 rings (SSSR count). The van der Waals surface area contributed by atoms with Crippen molar-refractivity contribution in [2.45, 2.75) is 62.5 Å². The maximum atomic E-state index is 13.7.